The van der Waals surface area contributed by atoms with Crippen molar-refractivity contribution in [3.8, 4) is 0 Å². The van der Waals surface area contributed by atoms with Gasteiger partial charge in [-0.25, -0.2) is 18.4 Å². The van der Waals surface area contributed by atoms with Crippen molar-refractivity contribution in [1.82, 2.24) is 0 Å². The van der Waals surface area contributed by atoms with Gasteiger partial charge in [-0.3, -0.25) is 4.79 Å². The molecule has 6 aliphatic carbocycles. The number of carbonyl (C=O) groups is 3. The highest BCUT2D eigenvalue weighted by atomic mass is 19.1. The van der Waals surface area contributed by atoms with Crippen LogP contribution in [0, 0.1) is 46.7 Å². The molecule has 38 heavy (non-hydrogen) atoms. The van der Waals surface area contributed by atoms with E-state index in [4.69, 9.17) is 19.9 Å². The summed E-state index contributed by atoms with van der Waals surface area (Å²) >= 11 is 0. The van der Waals surface area contributed by atoms with Crippen LogP contribution in [-0.2, 0) is 35.2 Å². The molecule has 1 aromatic rings. The minimum Gasteiger partial charge on any atom is -0.479 e. The Kier molecular flexibility index (Phi) is 5.71. The van der Waals surface area contributed by atoms with Crippen LogP contribution in [0.25, 0.3) is 0 Å². The first kappa shape index (κ1) is 25.7. The number of halogens is 2. The van der Waals surface area contributed by atoms with Crippen LogP contribution in [0.2, 0.25) is 0 Å². The molecular weight excluding hydrogens is 500 g/mol. The minimum absolute atomic E-state index is 0.0437. The van der Waals surface area contributed by atoms with Gasteiger partial charge in [-0.05, 0) is 73.5 Å². The largest absolute Gasteiger partial charge is 0.479 e. The van der Waals surface area contributed by atoms with Crippen molar-refractivity contribution in [3.63, 3.8) is 0 Å². The van der Waals surface area contributed by atoms with Crippen molar-refractivity contribution in [1.29, 1.82) is 0 Å². The smallest absolute Gasteiger partial charge is 0.342 e. The summed E-state index contributed by atoms with van der Waals surface area (Å²) in [5.74, 6) is -4.19. The monoisotopic (exact) mass is 533 g/mol. The van der Waals surface area contributed by atoms with Gasteiger partial charge in [-0.1, -0.05) is 19.1 Å². The summed E-state index contributed by atoms with van der Waals surface area (Å²) in [4.78, 5) is 38.4. The molecule has 7 rings (SSSR count). The number of hydrogen-bond acceptors (Lipinski definition) is 7. The van der Waals surface area contributed by atoms with E-state index in [0.717, 1.165) is 25.7 Å². The molecule has 6 fully saturated rings. The summed E-state index contributed by atoms with van der Waals surface area (Å²) in [5.41, 5.74) is 1.74. The van der Waals surface area contributed by atoms with E-state index in [9.17, 15) is 23.9 Å². The lowest BCUT2D eigenvalue weighted by Gasteiger charge is -2.35. The zero-order valence-electron chi connectivity index (χ0n) is 21.4. The van der Waals surface area contributed by atoms with Gasteiger partial charge in [0.05, 0.1) is 18.1 Å². The Bertz CT molecular complexity index is 1180. The van der Waals surface area contributed by atoms with Gasteiger partial charge >= 0.3 is 17.9 Å². The number of esters is 2. The molecule has 11 atom stereocenters. The number of rotatable bonds is 8. The van der Waals surface area contributed by atoms with Gasteiger partial charge in [-0.15, -0.1) is 0 Å². The molecule has 0 amide bonds. The van der Waals surface area contributed by atoms with Crippen LogP contribution in [-0.4, -0.2) is 46.6 Å². The number of aliphatic carboxylic acids is 1. The maximum atomic E-state index is 15.3. The van der Waals surface area contributed by atoms with Crippen molar-refractivity contribution in [2.75, 3.05) is 0 Å². The number of nitrogens with two attached hydrogens (primary N) is 1. The number of fused-ring (bicyclic) bond motifs is 1. The van der Waals surface area contributed by atoms with E-state index in [1.165, 1.54) is 31.2 Å². The molecule has 6 aliphatic rings. The highest BCUT2D eigenvalue weighted by Gasteiger charge is 2.85. The van der Waals surface area contributed by atoms with E-state index >= 15 is 4.39 Å². The van der Waals surface area contributed by atoms with E-state index in [1.807, 2.05) is 0 Å². The van der Waals surface area contributed by atoms with Crippen molar-refractivity contribution >= 4 is 17.9 Å². The van der Waals surface area contributed by atoms with Crippen molar-refractivity contribution in [2.24, 2.45) is 46.7 Å². The van der Waals surface area contributed by atoms with Crippen molar-refractivity contribution in [3.05, 3.63) is 35.6 Å². The Hall–Kier alpha value is -2.59. The minimum atomic E-state index is -2.67. The highest BCUT2D eigenvalue weighted by Crippen LogP contribution is 2.69. The van der Waals surface area contributed by atoms with E-state index in [0.29, 0.717) is 23.3 Å². The van der Waals surface area contributed by atoms with Crippen LogP contribution in [0.5, 0.6) is 0 Å². The maximum absolute atomic E-state index is 15.3. The lowest BCUT2D eigenvalue weighted by Crippen LogP contribution is -2.61. The molecular formula is C28H33F2NO7. The van der Waals surface area contributed by atoms with Crippen LogP contribution in [0.15, 0.2) is 24.3 Å². The lowest BCUT2D eigenvalue weighted by molar-refractivity contribution is -0.200. The van der Waals surface area contributed by atoms with Gasteiger partial charge in [0.2, 0.25) is 12.0 Å². The number of hydrogen-bond donors (Lipinski definition) is 2. The quantitative estimate of drug-likeness (QED) is 0.385. The number of carbonyl (C=O) groups excluding carboxylic acids is 2. The molecule has 0 aromatic heterocycles. The predicted octanol–water partition coefficient (Wildman–Crippen LogP) is 3.36. The molecule has 8 nitrogen and oxygen atoms in total. The molecule has 0 heterocycles. The Balaban J connectivity index is 1.15. The third-order valence-corrected chi connectivity index (χ3v) is 10.4. The van der Waals surface area contributed by atoms with Crippen LogP contribution >= 0.6 is 0 Å². The first-order chi connectivity index (χ1) is 17.9. The highest BCUT2D eigenvalue weighted by molar-refractivity contribution is 5.91. The molecule has 3 N–H and O–H groups in total. The molecule has 206 valence electrons. The maximum Gasteiger partial charge on any atom is 0.342 e. The number of benzene rings is 1. The summed E-state index contributed by atoms with van der Waals surface area (Å²) in [6.07, 6.45) is 1.29. The molecule has 4 unspecified atom stereocenters. The molecule has 4 bridgehead atoms. The van der Waals surface area contributed by atoms with Gasteiger partial charge in [-0.2, -0.15) is 0 Å². The summed E-state index contributed by atoms with van der Waals surface area (Å²) in [6, 6.07) is 5.52. The first-order valence-corrected chi connectivity index (χ1v) is 13.4. The predicted molar refractivity (Wildman–Crippen MR) is 127 cm³/mol. The van der Waals surface area contributed by atoms with Gasteiger partial charge in [0.25, 0.3) is 0 Å². The SMILES string of the molecule is C[C@H](OC(=O)C12CC3CC(C1)[C@H](C)C2C3)OC(=O)[C@@]1(N)[C@H]2[C@@H](C[C@H]1OCc1ccc(F)cc1)[C@]2(F)C(=O)O. The second-order valence-electron chi connectivity index (χ2n) is 12.3. The fraction of sp³-hybridized carbons (Fsp3) is 0.679. The normalized spacial score (nSPS) is 44.5. The van der Waals surface area contributed by atoms with Crippen molar-refractivity contribution in [2.45, 2.75) is 76.2 Å². The second kappa shape index (κ2) is 8.45. The third kappa shape index (κ3) is 3.48. The van der Waals surface area contributed by atoms with Crippen LogP contribution < -0.4 is 5.73 Å². The van der Waals surface area contributed by atoms with E-state index in [2.05, 4.69) is 6.92 Å². The fourth-order valence-electron chi connectivity index (χ4n) is 8.61. The molecule has 0 saturated heterocycles. The lowest BCUT2D eigenvalue weighted by atomic mass is 9.75. The number of alkyl halides is 1. The third-order valence-electron chi connectivity index (χ3n) is 10.4. The molecule has 6 saturated carbocycles. The Labute approximate surface area is 219 Å². The fourth-order valence-corrected chi connectivity index (χ4v) is 8.61. The molecule has 10 heteroatoms. The number of ether oxygens (including phenoxy) is 3. The molecule has 0 radical (unpaired) electrons. The zero-order valence-corrected chi connectivity index (χ0v) is 21.4. The Morgan fingerprint density at radius 3 is 2.45 bits per heavy atom. The second-order valence-corrected chi connectivity index (χ2v) is 12.3. The van der Waals surface area contributed by atoms with Crippen LogP contribution in [0.1, 0.15) is 51.5 Å². The summed E-state index contributed by atoms with van der Waals surface area (Å²) in [6.45, 7) is 3.56. The van der Waals surface area contributed by atoms with Crippen LogP contribution in [0.4, 0.5) is 8.78 Å². The van der Waals surface area contributed by atoms with Gasteiger partial charge in [0.1, 0.15) is 11.4 Å². The summed E-state index contributed by atoms with van der Waals surface area (Å²) in [5, 5.41) is 9.48. The van der Waals surface area contributed by atoms with Gasteiger partial charge in [0, 0.05) is 18.8 Å². The summed E-state index contributed by atoms with van der Waals surface area (Å²) in [7, 11) is 0. The van der Waals surface area contributed by atoms with Gasteiger partial charge < -0.3 is 25.1 Å². The molecule has 0 spiro atoms. The van der Waals surface area contributed by atoms with E-state index in [1.54, 1.807) is 0 Å². The number of carboxylic acid groups (broad SMARTS) is 1. The van der Waals surface area contributed by atoms with Crippen molar-refractivity contribution < 1.29 is 42.5 Å². The molecule has 0 aliphatic heterocycles. The Morgan fingerprint density at radius 1 is 1.08 bits per heavy atom. The number of carboxylic acids is 1. The topological polar surface area (TPSA) is 125 Å². The summed E-state index contributed by atoms with van der Waals surface area (Å²) < 4.78 is 45.4. The van der Waals surface area contributed by atoms with E-state index in [-0.39, 0.29) is 24.9 Å². The average Bonchev–Trinajstić information content (AvgIpc) is 3.09. The average molecular weight is 534 g/mol. The molecule has 1 aromatic carbocycles. The standard InChI is InChI=1S/C28H33F2NO7/c1-13-17-7-16-8-19(13)26(10-16,11-17)24(34)37-14(2)38-25(35)28(31)21(9-20-22(28)27(20,30)23(32)33)36-12-15-3-5-18(29)6-4-15/h3-6,13-14,16-17,19-22H,7-12,31H2,1-2H3,(H,32,33)/t13-,14+,16?,17?,19?,20+,21+,22-,26?,27+,28-/m0/s1. The van der Waals surface area contributed by atoms with Gasteiger partial charge in [0.15, 0.2) is 0 Å². The zero-order chi connectivity index (χ0) is 27.2. The first-order valence-electron chi connectivity index (χ1n) is 13.4. The van der Waals surface area contributed by atoms with Crippen LogP contribution in [0.3, 0.4) is 0 Å². The van der Waals surface area contributed by atoms with E-state index < -0.39 is 58.6 Å². The Morgan fingerprint density at radius 2 is 1.76 bits per heavy atom.